The molecule has 112 valence electrons. The summed E-state index contributed by atoms with van der Waals surface area (Å²) in [5.41, 5.74) is 1.90. The van der Waals surface area contributed by atoms with E-state index < -0.39 is 0 Å². The molecule has 0 saturated heterocycles. The van der Waals surface area contributed by atoms with E-state index in [1.807, 2.05) is 18.2 Å². The van der Waals surface area contributed by atoms with E-state index in [1.165, 1.54) is 11.6 Å². The van der Waals surface area contributed by atoms with Crippen LogP contribution in [0.4, 0.5) is 0 Å². The molecule has 5 heteroatoms. The average molecular weight is 287 g/mol. The Balaban J connectivity index is 1.93. The average Bonchev–Trinajstić information content (AvgIpc) is 2.50. The van der Waals surface area contributed by atoms with Crippen LogP contribution < -0.4 is 10.9 Å². The molecule has 1 aromatic carbocycles. The molecule has 0 fully saturated rings. The van der Waals surface area contributed by atoms with Crippen LogP contribution in [0.2, 0.25) is 0 Å². The van der Waals surface area contributed by atoms with Gasteiger partial charge in [-0.25, -0.2) is 4.98 Å². The Bertz CT molecular complexity index is 596. The molecule has 2 rings (SSSR count). The number of H-pyrrole nitrogens is 1. The highest BCUT2D eigenvalue weighted by molar-refractivity contribution is 5.15. The number of rotatable bonds is 8. The van der Waals surface area contributed by atoms with E-state index in [4.69, 9.17) is 4.74 Å². The zero-order chi connectivity index (χ0) is 14.9. The van der Waals surface area contributed by atoms with E-state index in [1.54, 1.807) is 7.11 Å². The van der Waals surface area contributed by atoms with Crippen molar-refractivity contribution in [1.82, 2.24) is 15.3 Å². The third kappa shape index (κ3) is 5.49. The second kappa shape index (κ2) is 8.34. The van der Waals surface area contributed by atoms with Crippen molar-refractivity contribution in [1.29, 1.82) is 0 Å². The third-order valence-corrected chi connectivity index (χ3v) is 3.13. The molecule has 2 aromatic rings. The molecule has 0 bridgehead atoms. The maximum Gasteiger partial charge on any atom is 0.251 e. The van der Waals surface area contributed by atoms with Gasteiger partial charge in [-0.05, 0) is 12.0 Å². The van der Waals surface area contributed by atoms with Gasteiger partial charge in [-0.15, -0.1) is 0 Å². The van der Waals surface area contributed by atoms with Crippen LogP contribution in [0.1, 0.15) is 17.1 Å². The molecule has 5 nitrogen and oxygen atoms in total. The van der Waals surface area contributed by atoms with E-state index in [2.05, 4.69) is 27.4 Å². The molecule has 2 N–H and O–H groups in total. The molecule has 0 aliphatic heterocycles. The Morgan fingerprint density at radius 1 is 1.24 bits per heavy atom. The Labute approximate surface area is 124 Å². The highest BCUT2D eigenvalue weighted by atomic mass is 16.5. The van der Waals surface area contributed by atoms with E-state index in [-0.39, 0.29) is 5.56 Å². The van der Waals surface area contributed by atoms with Gasteiger partial charge < -0.3 is 15.0 Å². The molecule has 1 heterocycles. The lowest BCUT2D eigenvalue weighted by atomic mass is 10.1. The van der Waals surface area contributed by atoms with E-state index >= 15 is 0 Å². The Morgan fingerprint density at radius 2 is 2.05 bits per heavy atom. The lowest BCUT2D eigenvalue weighted by Gasteiger charge is -2.06. The second-order valence-electron chi connectivity index (χ2n) is 4.84. The van der Waals surface area contributed by atoms with Gasteiger partial charge in [-0.1, -0.05) is 30.3 Å². The fraction of sp³-hybridized carbons (Fsp3) is 0.375. The highest BCUT2D eigenvalue weighted by Crippen LogP contribution is 2.03. The summed E-state index contributed by atoms with van der Waals surface area (Å²) in [6.45, 7) is 1.96. The maximum atomic E-state index is 11.7. The van der Waals surface area contributed by atoms with Crippen LogP contribution in [0.25, 0.3) is 0 Å². The van der Waals surface area contributed by atoms with Gasteiger partial charge in [0.2, 0.25) is 0 Å². The molecule has 0 spiro atoms. The molecule has 0 atom stereocenters. The predicted octanol–water partition coefficient (Wildman–Crippen LogP) is 1.29. The quantitative estimate of drug-likeness (QED) is 0.718. The second-order valence-corrected chi connectivity index (χ2v) is 4.84. The van der Waals surface area contributed by atoms with Crippen molar-refractivity contribution in [2.75, 3.05) is 20.3 Å². The molecule has 0 aliphatic carbocycles. The van der Waals surface area contributed by atoms with E-state index in [0.717, 1.165) is 30.9 Å². The van der Waals surface area contributed by atoms with Crippen LogP contribution in [0, 0.1) is 0 Å². The summed E-state index contributed by atoms with van der Waals surface area (Å²) < 4.78 is 4.96. The minimum absolute atomic E-state index is 0.100. The van der Waals surface area contributed by atoms with E-state index in [0.29, 0.717) is 13.2 Å². The number of hydrogen-bond acceptors (Lipinski definition) is 4. The van der Waals surface area contributed by atoms with Gasteiger partial charge >= 0.3 is 0 Å². The maximum absolute atomic E-state index is 11.7. The predicted molar refractivity (Wildman–Crippen MR) is 82.3 cm³/mol. The first-order valence-corrected chi connectivity index (χ1v) is 7.10. The SMILES string of the molecule is COCCNCc1cc(=O)[nH]c(CCc2ccccc2)n1. The molecular formula is C16H21N3O2. The number of aromatic nitrogens is 2. The highest BCUT2D eigenvalue weighted by Gasteiger charge is 2.02. The van der Waals surface area contributed by atoms with Crippen molar-refractivity contribution >= 4 is 0 Å². The summed E-state index contributed by atoms with van der Waals surface area (Å²) in [5, 5.41) is 3.19. The van der Waals surface area contributed by atoms with Crippen molar-refractivity contribution in [3.8, 4) is 0 Å². The number of methoxy groups -OCH3 is 1. The first-order valence-electron chi connectivity index (χ1n) is 7.10. The number of nitrogens with one attached hydrogen (secondary N) is 2. The summed E-state index contributed by atoms with van der Waals surface area (Å²) in [5.74, 6) is 0.731. The molecule has 0 unspecified atom stereocenters. The van der Waals surface area contributed by atoms with Crippen molar-refractivity contribution in [2.45, 2.75) is 19.4 Å². The lowest BCUT2D eigenvalue weighted by Crippen LogP contribution is -2.22. The lowest BCUT2D eigenvalue weighted by molar-refractivity contribution is 0.199. The Hall–Kier alpha value is -1.98. The van der Waals surface area contributed by atoms with Crippen LogP contribution in [-0.2, 0) is 24.1 Å². The Kier molecular flexibility index (Phi) is 6.12. The van der Waals surface area contributed by atoms with Gasteiger partial charge in [-0.2, -0.15) is 0 Å². The number of aryl methyl sites for hydroxylation is 2. The standard InChI is InChI=1S/C16H21N3O2/c1-21-10-9-17-12-14-11-16(20)19-15(18-14)8-7-13-5-3-2-4-6-13/h2-6,11,17H,7-10,12H2,1H3,(H,18,19,20). The molecule has 0 radical (unpaired) electrons. The molecule has 1 aromatic heterocycles. The van der Waals surface area contributed by atoms with Gasteiger partial charge in [0.25, 0.3) is 5.56 Å². The summed E-state index contributed by atoms with van der Waals surface area (Å²) in [4.78, 5) is 19.0. The normalized spacial score (nSPS) is 10.7. The zero-order valence-electron chi connectivity index (χ0n) is 12.3. The van der Waals surface area contributed by atoms with E-state index in [9.17, 15) is 4.79 Å². The minimum Gasteiger partial charge on any atom is -0.383 e. The summed E-state index contributed by atoms with van der Waals surface area (Å²) >= 11 is 0. The summed E-state index contributed by atoms with van der Waals surface area (Å²) in [6, 6.07) is 11.7. The zero-order valence-corrected chi connectivity index (χ0v) is 12.3. The largest absolute Gasteiger partial charge is 0.383 e. The van der Waals surface area contributed by atoms with Gasteiger partial charge in [0.05, 0.1) is 12.3 Å². The fourth-order valence-corrected chi connectivity index (χ4v) is 2.07. The van der Waals surface area contributed by atoms with Gasteiger partial charge in [-0.3, -0.25) is 4.79 Å². The molecule has 0 amide bonds. The number of aromatic amines is 1. The van der Waals surface area contributed by atoms with Gasteiger partial charge in [0.15, 0.2) is 0 Å². The first-order chi connectivity index (χ1) is 10.3. The van der Waals surface area contributed by atoms with Crippen LogP contribution in [-0.4, -0.2) is 30.2 Å². The third-order valence-electron chi connectivity index (χ3n) is 3.13. The minimum atomic E-state index is -0.100. The molecular weight excluding hydrogens is 266 g/mol. The number of nitrogens with zero attached hydrogens (tertiary/aromatic N) is 1. The van der Waals surface area contributed by atoms with Crippen LogP contribution in [0.3, 0.4) is 0 Å². The first kappa shape index (κ1) is 15.4. The molecule has 21 heavy (non-hydrogen) atoms. The molecule has 0 aliphatic rings. The topological polar surface area (TPSA) is 67.0 Å². The van der Waals surface area contributed by atoms with Crippen LogP contribution >= 0.6 is 0 Å². The van der Waals surface area contributed by atoms with Crippen molar-refractivity contribution in [3.05, 3.63) is 63.8 Å². The van der Waals surface area contributed by atoms with Crippen LogP contribution in [0.5, 0.6) is 0 Å². The number of benzene rings is 1. The monoisotopic (exact) mass is 287 g/mol. The molecule has 0 saturated carbocycles. The van der Waals surface area contributed by atoms with Crippen molar-refractivity contribution < 1.29 is 4.74 Å². The smallest absolute Gasteiger partial charge is 0.251 e. The Morgan fingerprint density at radius 3 is 2.81 bits per heavy atom. The summed E-state index contributed by atoms with van der Waals surface area (Å²) in [7, 11) is 1.66. The number of ether oxygens (including phenoxy) is 1. The van der Waals surface area contributed by atoms with Gasteiger partial charge in [0.1, 0.15) is 5.82 Å². The van der Waals surface area contributed by atoms with Crippen molar-refractivity contribution in [2.24, 2.45) is 0 Å². The number of hydrogen-bond donors (Lipinski definition) is 2. The van der Waals surface area contributed by atoms with Crippen LogP contribution in [0.15, 0.2) is 41.2 Å². The summed E-state index contributed by atoms with van der Waals surface area (Å²) in [6.07, 6.45) is 1.59. The van der Waals surface area contributed by atoms with Crippen molar-refractivity contribution in [3.63, 3.8) is 0 Å². The fourth-order valence-electron chi connectivity index (χ4n) is 2.07. The van der Waals surface area contributed by atoms with Gasteiger partial charge in [0, 0.05) is 32.7 Å².